The molecule has 3 rings (SSSR count). The molecule has 2 heterocycles. The molecule has 0 spiro atoms. The minimum absolute atomic E-state index is 0.210. The van der Waals surface area contributed by atoms with Gasteiger partial charge in [0.05, 0.1) is 11.8 Å². The summed E-state index contributed by atoms with van der Waals surface area (Å²) < 4.78 is 16.0. The molecule has 0 aliphatic heterocycles. The maximum absolute atomic E-state index is 13.5. The van der Waals surface area contributed by atoms with Crippen molar-refractivity contribution in [2.24, 2.45) is 7.05 Å². The lowest BCUT2D eigenvalue weighted by Crippen LogP contribution is -2.44. The first-order valence-corrected chi connectivity index (χ1v) is 7.18. The van der Waals surface area contributed by atoms with Gasteiger partial charge in [0, 0.05) is 7.05 Å². The first kappa shape index (κ1) is 16.3. The van der Waals surface area contributed by atoms with Gasteiger partial charge in [0.15, 0.2) is 5.65 Å². The highest BCUT2D eigenvalue weighted by atomic mass is 19.1. The van der Waals surface area contributed by atoms with E-state index in [1.165, 1.54) is 35.4 Å². The van der Waals surface area contributed by atoms with Gasteiger partial charge in [0.2, 0.25) is 0 Å². The maximum atomic E-state index is 13.5. The molecule has 0 unspecified atom stereocenters. The van der Waals surface area contributed by atoms with Gasteiger partial charge < -0.3 is 0 Å². The fraction of sp³-hybridized carbons (Fsp3) is 0.133. The Bertz CT molecular complexity index is 1030. The molecule has 0 saturated heterocycles. The van der Waals surface area contributed by atoms with E-state index in [2.05, 4.69) is 20.9 Å². The summed E-state index contributed by atoms with van der Waals surface area (Å²) >= 11 is 0. The number of rotatable bonds is 3. The highest BCUT2D eigenvalue weighted by Gasteiger charge is 2.13. The molecule has 9 nitrogen and oxygen atoms in total. The SMILES string of the molecule is Cn1ncc2c(=O)n(CC(=O)NNC(=O)c3ccccc3F)cnc21. The monoisotopic (exact) mass is 344 g/mol. The number of halogens is 1. The molecule has 10 heteroatoms. The Morgan fingerprint density at radius 3 is 2.76 bits per heavy atom. The van der Waals surface area contributed by atoms with E-state index in [9.17, 15) is 18.8 Å². The van der Waals surface area contributed by atoms with Crippen molar-refractivity contribution in [3.05, 3.63) is 58.5 Å². The Balaban J connectivity index is 1.67. The average Bonchev–Trinajstić information content (AvgIpc) is 2.97. The van der Waals surface area contributed by atoms with Crippen molar-refractivity contribution < 1.29 is 14.0 Å². The van der Waals surface area contributed by atoms with Gasteiger partial charge in [-0.25, -0.2) is 9.37 Å². The van der Waals surface area contributed by atoms with Crippen molar-refractivity contribution >= 4 is 22.8 Å². The molecular weight excluding hydrogens is 331 g/mol. The van der Waals surface area contributed by atoms with Crippen molar-refractivity contribution in [1.29, 1.82) is 0 Å². The predicted octanol–water partition coefficient (Wildman–Crippen LogP) is -0.270. The first-order valence-electron chi connectivity index (χ1n) is 7.18. The van der Waals surface area contributed by atoms with Crippen molar-refractivity contribution in [3.63, 3.8) is 0 Å². The molecule has 0 aliphatic carbocycles. The molecule has 3 aromatic rings. The summed E-state index contributed by atoms with van der Waals surface area (Å²) in [6.45, 7) is -0.367. The maximum Gasteiger partial charge on any atom is 0.272 e. The van der Waals surface area contributed by atoms with E-state index in [0.717, 1.165) is 10.6 Å². The van der Waals surface area contributed by atoms with Crippen LogP contribution >= 0.6 is 0 Å². The number of hydrazine groups is 1. The zero-order valence-electron chi connectivity index (χ0n) is 13.1. The van der Waals surface area contributed by atoms with E-state index in [4.69, 9.17) is 0 Å². The highest BCUT2D eigenvalue weighted by molar-refractivity contribution is 5.95. The molecule has 0 radical (unpaired) electrons. The number of aromatic nitrogens is 4. The van der Waals surface area contributed by atoms with Crippen LogP contribution in [0.25, 0.3) is 11.0 Å². The van der Waals surface area contributed by atoms with Gasteiger partial charge in [-0.15, -0.1) is 0 Å². The number of nitrogens with one attached hydrogen (secondary N) is 2. The van der Waals surface area contributed by atoms with Crippen LogP contribution in [0.5, 0.6) is 0 Å². The van der Waals surface area contributed by atoms with Crippen LogP contribution in [-0.4, -0.2) is 31.1 Å². The minimum atomic E-state index is -0.806. The van der Waals surface area contributed by atoms with Gasteiger partial charge in [0.1, 0.15) is 24.1 Å². The molecule has 0 atom stereocenters. The van der Waals surface area contributed by atoms with Gasteiger partial charge >= 0.3 is 0 Å². The normalized spacial score (nSPS) is 10.6. The van der Waals surface area contributed by atoms with E-state index in [0.29, 0.717) is 5.65 Å². The second-order valence-electron chi connectivity index (χ2n) is 5.17. The zero-order valence-corrected chi connectivity index (χ0v) is 13.1. The summed E-state index contributed by atoms with van der Waals surface area (Å²) in [6.07, 6.45) is 2.57. The zero-order chi connectivity index (χ0) is 18.0. The number of fused-ring (bicyclic) bond motifs is 1. The summed E-state index contributed by atoms with van der Waals surface area (Å²) in [5.74, 6) is -2.19. The van der Waals surface area contributed by atoms with E-state index in [-0.39, 0.29) is 17.5 Å². The lowest BCUT2D eigenvalue weighted by Gasteiger charge is -2.09. The molecule has 2 amide bonds. The Morgan fingerprint density at radius 2 is 2.00 bits per heavy atom. The Hall–Kier alpha value is -3.56. The van der Waals surface area contributed by atoms with Crippen LogP contribution in [0.3, 0.4) is 0 Å². The number of carbonyl (C=O) groups excluding carboxylic acids is 2. The second kappa shape index (κ2) is 6.51. The Kier molecular flexibility index (Phi) is 4.25. The van der Waals surface area contributed by atoms with Crippen LogP contribution in [0.2, 0.25) is 0 Å². The lowest BCUT2D eigenvalue weighted by atomic mass is 10.2. The van der Waals surface area contributed by atoms with Gasteiger partial charge in [-0.2, -0.15) is 5.10 Å². The van der Waals surface area contributed by atoms with Crippen LogP contribution in [0.1, 0.15) is 10.4 Å². The van der Waals surface area contributed by atoms with Gasteiger partial charge in [0.25, 0.3) is 17.4 Å². The highest BCUT2D eigenvalue weighted by Crippen LogP contribution is 2.05. The molecule has 0 fully saturated rings. The largest absolute Gasteiger partial charge is 0.289 e. The number of aryl methyl sites for hydroxylation is 1. The standard InChI is InChI=1S/C15H13FN6O3/c1-21-13-10(6-18-21)15(25)22(8-17-13)7-12(23)19-20-14(24)9-4-2-3-5-11(9)16/h2-6,8H,7H2,1H3,(H,19,23)(H,20,24). The number of nitrogens with zero attached hydrogens (tertiary/aromatic N) is 4. The van der Waals surface area contributed by atoms with Crippen LogP contribution < -0.4 is 16.4 Å². The quantitative estimate of drug-likeness (QED) is 0.636. The topological polar surface area (TPSA) is 111 Å². The molecule has 0 aliphatic rings. The third-order valence-electron chi connectivity index (χ3n) is 3.47. The summed E-state index contributed by atoms with van der Waals surface area (Å²) in [5.41, 5.74) is 3.96. The third kappa shape index (κ3) is 3.22. The molecule has 128 valence electrons. The Labute approximate surface area is 140 Å². The fourth-order valence-corrected chi connectivity index (χ4v) is 2.21. The number of hydrogen-bond donors (Lipinski definition) is 2. The molecule has 2 N–H and O–H groups in total. The van der Waals surface area contributed by atoms with Gasteiger partial charge in [-0.3, -0.25) is 34.5 Å². The van der Waals surface area contributed by atoms with Crippen LogP contribution in [0.4, 0.5) is 4.39 Å². The second-order valence-corrected chi connectivity index (χ2v) is 5.17. The van der Waals surface area contributed by atoms with E-state index in [1.807, 2.05) is 0 Å². The lowest BCUT2D eigenvalue weighted by molar-refractivity contribution is -0.122. The third-order valence-corrected chi connectivity index (χ3v) is 3.47. The molecule has 25 heavy (non-hydrogen) atoms. The number of benzene rings is 1. The molecular formula is C15H13FN6O3. The number of hydrogen-bond acceptors (Lipinski definition) is 5. The fourth-order valence-electron chi connectivity index (χ4n) is 2.21. The average molecular weight is 344 g/mol. The Morgan fingerprint density at radius 1 is 1.24 bits per heavy atom. The predicted molar refractivity (Wildman–Crippen MR) is 84.8 cm³/mol. The summed E-state index contributed by atoms with van der Waals surface area (Å²) in [6, 6.07) is 5.35. The summed E-state index contributed by atoms with van der Waals surface area (Å²) in [4.78, 5) is 40.0. The van der Waals surface area contributed by atoms with Gasteiger partial charge in [-0.05, 0) is 12.1 Å². The number of carbonyl (C=O) groups is 2. The van der Waals surface area contributed by atoms with E-state index in [1.54, 1.807) is 7.05 Å². The summed E-state index contributed by atoms with van der Waals surface area (Å²) in [5, 5.41) is 4.20. The van der Waals surface area contributed by atoms with Crippen molar-refractivity contribution in [2.75, 3.05) is 0 Å². The minimum Gasteiger partial charge on any atom is -0.289 e. The number of amides is 2. The van der Waals surface area contributed by atoms with Crippen LogP contribution in [0, 0.1) is 5.82 Å². The van der Waals surface area contributed by atoms with Crippen molar-refractivity contribution in [1.82, 2.24) is 30.2 Å². The molecule has 0 bridgehead atoms. The molecule has 0 saturated carbocycles. The molecule has 1 aromatic carbocycles. The van der Waals surface area contributed by atoms with E-state index < -0.39 is 23.2 Å². The van der Waals surface area contributed by atoms with Crippen LogP contribution in [-0.2, 0) is 18.4 Å². The van der Waals surface area contributed by atoms with E-state index >= 15 is 0 Å². The molecule has 2 aromatic heterocycles. The van der Waals surface area contributed by atoms with Crippen molar-refractivity contribution in [3.8, 4) is 0 Å². The van der Waals surface area contributed by atoms with Gasteiger partial charge in [-0.1, -0.05) is 12.1 Å². The first-order chi connectivity index (χ1) is 12.0. The van der Waals surface area contributed by atoms with Crippen molar-refractivity contribution in [2.45, 2.75) is 6.54 Å². The smallest absolute Gasteiger partial charge is 0.272 e. The van der Waals surface area contributed by atoms with Crippen LogP contribution in [0.15, 0.2) is 41.6 Å². The summed E-state index contributed by atoms with van der Waals surface area (Å²) in [7, 11) is 1.64.